The number of hydrogen-bond acceptors (Lipinski definition) is 4. The van der Waals surface area contributed by atoms with Gasteiger partial charge in [0.15, 0.2) is 0 Å². The lowest BCUT2D eigenvalue weighted by molar-refractivity contribution is 0.278. The Morgan fingerprint density at radius 2 is 2.36 bits per heavy atom. The number of aryl methyl sites for hydroxylation is 1. The zero-order valence-corrected chi connectivity index (χ0v) is 8.70. The van der Waals surface area contributed by atoms with E-state index in [0.717, 1.165) is 24.5 Å². The lowest BCUT2D eigenvalue weighted by Crippen LogP contribution is -2.20. The van der Waals surface area contributed by atoms with Crippen molar-refractivity contribution in [3.05, 3.63) is 18.1 Å². The van der Waals surface area contributed by atoms with E-state index in [1.54, 1.807) is 6.20 Å². The molecular formula is C10H17N3O. The molecule has 2 N–H and O–H groups in total. The molecule has 0 aliphatic rings. The molecule has 1 rings (SSSR count). The molecule has 0 saturated carbocycles. The lowest BCUT2D eigenvalue weighted by Gasteiger charge is -2.16. The van der Waals surface area contributed by atoms with Crippen molar-refractivity contribution < 1.29 is 5.11 Å². The van der Waals surface area contributed by atoms with Crippen LogP contribution in [0.2, 0.25) is 0 Å². The van der Waals surface area contributed by atoms with Crippen LogP contribution in [0.1, 0.15) is 25.6 Å². The minimum Gasteiger partial charge on any atom is -0.396 e. The predicted molar refractivity (Wildman–Crippen MR) is 56.2 cm³/mol. The van der Waals surface area contributed by atoms with Crippen molar-refractivity contribution in [2.24, 2.45) is 0 Å². The fourth-order valence-corrected chi connectivity index (χ4v) is 1.28. The number of nitrogens with zero attached hydrogens (tertiary/aromatic N) is 2. The lowest BCUT2D eigenvalue weighted by atomic mass is 10.1. The summed E-state index contributed by atoms with van der Waals surface area (Å²) in [7, 11) is 0. The van der Waals surface area contributed by atoms with Gasteiger partial charge in [-0.05, 0) is 25.8 Å². The molecule has 0 radical (unpaired) electrons. The number of hydrogen-bond donors (Lipinski definition) is 2. The van der Waals surface area contributed by atoms with Crippen molar-refractivity contribution >= 4 is 5.82 Å². The van der Waals surface area contributed by atoms with Crippen molar-refractivity contribution in [1.29, 1.82) is 0 Å². The third-order valence-electron chi connectivity index (χ3n) is 2.10. The molecule has 1 unspecified atom stereocenters. The van der Waals surface area contributed by atoms with Crippen LogP contribution in [-0.4, -0.2) is 27.7 Å². The monoisotopic (exact) mass is 195 g/mol. The molecule has 0 aromatic carbocycles. The fourth-order valence-electron chi connectivity index (χ4n) is 1.28. The Morgan fingerprint density at radius 3 is 2.93 bits per heavy atom. The Kier molecular flexibility index (Phi) is 4.32. The average molecular weight is 195 g/mol. The molecule has 14 heavy (non-hydrogen) atoms. The molecule has 1 aromatic rings. The van der Waals surface area contributed by atoms with E-state index in [-0.39, 0.29) is 12.6 Å². The average Bonchev–Trinajstić information content (AvgIpc) is 2.17. The van der Waals surface area contributed by atoms with E-state index in [1.165, 1.54) is 0 Å². The zero-order chi connectivity index (χ0) is 10.4. The van der Waals surface area contributed by atoms with Gasteiger partial charge in [-0.25, -0.2) is 9.97 Å². The molecule has 0 bridgehead atoms. The van der Waals surface area contributed by atoms with Gasteiger partial charge in [-0.15, -0.1) is 0 Å². The minimum atomic E-state index is 0.204. The number of aliphatic hydroxyl groups excluding tert-OH is 1. The molecule has 0 aliphatic carbocycles. The van der Waals surface area contributed by atoms with Crippen LogP contribution in [0.5, 0.6) is 0 Å². The minimum absolute atomic E-state index is 0.204. The first-order valence-corrected chi connectivity index (χ1v) is 4.93. The van der Waals surface area contributed by atoms with Gasteiger partial charge in [-0.3, -0.25) is 0 Å². The van der Waals surface area contributed by atoms with Crippen molar-refractivity contribution in [2.45, 2.75) is 32.7 Å². The van der Waals surface area contributed by atoms with E-state index >= 15 is 0 Å². The second-order valence-electron chi connectivity index (χ2n) is 3.25. The summed E-state index contributed by atoms with van der Waals surface area (Å²) >= 11 is 0. The first kappa shape index (κ1) is 10.9. The summed E-state index contributed by atoms with van der Waals surface area (Å²) in [6.45, 7) is 4.15. The molecule has 0 amide bonds. The summed E-state index contributed by atoms with van der Waals surface area (Å²) in [4.78, 5) is 8.26. The van der Waals surface area contributed by atoms with Crippen LogP contribution in [0.15, 0.2) is 12.3 Å². The summed E-state index contributed by atoms with van der Waals surface area (Å²) in [5.74, 6) is 1.59. The molecule has 78 valence electrons. The van der Waals surface area contributed by atoms with Crippen molar-refractivity contribution in [3.8, 4) is 0 Å². The largest absolute Gasteiger partial charge is 0.396 e. The summed E-state index contributed by atoms with van der Waals surface area (Å²) in [6.07, 6.45) is 3.46. The molecular weight excluding hydrogens is 178 g/mol. The number of nitrogens with one attached hydrogen (secondary N) is 1. The highest BCUT2D eigenvalue weighted by atomic mass is 16.3. The zero-order valence-electron chi connectivity index (χ0n) is 8.70. The first-order valence-electron chi connectivity index (χ1n) is 4.93. The summed E-state index contributed by atoms with van der Waals surface area (Å²) in [6, 6.07) is 2.13. The van der Waals surface area contributed by atoms with Crippen LogP contribution in [0.4, 0.5) is 5.82 Å². The molecule has 0 saturated heterocycles. The molecule has 4 heteroatoms. The Morgan fingerprint density at radius 1 is 1.57 bits per heavy atom. The third kappa shape index (κ3) is 3.30. The maximum Gasteiger partial charge on any atom is 0.129 e. The van der Waals surface area contributed by atoms with Crippen molar-refractivity contribution in [2.75, 3.05) is 11.9 Å². The summed E-state index contributed by atoms with van der Waals surface area (Å²) in [5, 5.41) is 12.1. The quantitative estimate of drug-likeness (QED) is 0.744. The van der Waals surface area contributed by atoms with E-state index in [1.807, 2.05) is 13.0 Å². The van der Waals surface area contributed by atoms with E-state index < -0.39 is 0 Å². The van der Waals surface area contributed by atoms with Gasteiger partial charge >= 0.3 is 0 Å². The van der Waals surface area contributed by atoms with E-state index in [2.05, 4.69) is 22.2 Å². The maximum absolute atomic E-state index is 8.83. The van der Waals surface area contributed by atoms with Crippen LogP contribution in [-0.2, 0) is 0 Å². The van der Waals surface area contributed by atoms with Crippen LogP contribution in [0, 0.1) is 6.92 Å². The number of rotatable bonds is 5. The summed E-state index contributed by atoms with van der Waals surface area (Å²) in [5.41, 5.74) is 0. The second kappa shape index (κ2) is 5.54. The third-order valence-corrected chi connectivity index (χ3v) is 2.10. The molecule has 0 fully saturated rings. The van der Waals surface area contributed by atoms with Crippen LogP contribution in [0.3, 0.4) is 0 Å². The molecule has 1 atom stereocenters. The van der Waals surface area contributed by atoms with Gasteiger partial charge in [0.25, 0.3) is 0 Å². The van der Waals surface area contributed by atoms with Crippen molar-refractivity contribution in [3.63, 3.8) is 0 Å². The Hall–Kier alpha value is -1.16. The maximum atomic E-state index is 8.83. The smallest absolute Gasteiger partial charge is 0.129 e. The Balaban J connectivity index is 2.57. The van der Waals surface area contributed by atoms with Gasteiger partial charge in [0.1, 0.15) is 11.6 Å². The highest BCUT2D eigenvalue weighted by Gasteiger charge is 2.05. The molecule has 0 aliphatic heterocycles. The first-order chi connectivity index (χ1) is 6.76. The molecule has 0 spiro atoms. The summed E-state index contributed by atoms with van der Waals surface area (Å²) < 4.78 is 0. The second-order valence-corrected chi connectivity index (χ2v) is 3.25. The van der Waals surface area contributed by atoms with E-state index in [4.69, 9.17) is 5.11 Å². The standard InChI is InChI=1S/C10H17N3O/c1-3-9(5-7-14)13-10-4-6-11-8(2)12-10/h4,6,9,14H,3,5,7H2,1-2H3,(H,11,12,13). The van der Waals surface area contributed by atoms with Gasteiger partial charge in [-0.1, -0.05) is 6.92 Å². The van der Waals surface area contributed by atoms with Gasteiger partial charge in [-0.2, -0.15) is 0 Å². The number of aromatic nitrogens is 2. The van der Waals surface area contributed by atoms with E-state index in [9.17, 15) is 0 Å². The van der Waals surface area contributed by atoms with Gasteiger partial charge in [0.05, 0.1) is 0 Å². The van der Waals surface area contributed by atoms with Crippen LogP contribution >= 0.6 is 0 Å². The SMILES string of the molecule is CCC(CCO)Nc1ccnc(C)n1. The molecule has 4 nitrogen and oxygen atoms in total. The normalized spacial score (nSPS) is 12.5. The number of anilines is 1. The van der Waals surface area contributed by atoms with Gasteiger partial charge in [0.2, 0.25) is 0 Å². The van der Waals surface area contributed by atoms with Gasteiger partial charge < -0.3 is 10.4 Å². The molecule has 1 aromatic heterocycles. The van der Waals surface area contributed by atoms with Crippen LogP contribution in [0.25, 0.3) is 0 Å². The Bertz CT molecular complexity index is 278. The predicted octanol–water partition coefficient (Wildman–Crippen LogP) is 1.36. The highest BCUT2D eigenvalue weighted by molar-refractivity contribution is 5.33. The van der Waals surface area contributed by atoms with Gasteiger partial charge in [0, 0.05) is 18.8 Å². The van der Waals surface area contributed by atoms with Crippen molar-refractivity contribution in [1.82, 2.24) is 9.97 Å². The number of aliphatic hydroxyl groups is 1. The highest BCUT2D eigenvalue weighted by Crippen LogP contribution is 2.07. The Labute approximate surface area is 84.4 Å². The fraction of sp³-hybridized carbons (Fsp3) is 0.600. The topological polar surface area (TPSA) is 58.0 Å². The molecule has 1 heterocycles. The van der Waals surface area contributed by atoms with E-state index in [0.29, 0.717) is 0 Å². The van der Waals surface area contributed by atoms with Crippen LogP contribution < -0.4 is 5.32 Å².